The Kier molecular flexibility index (Phi) is 7.20. The highest BCUT2D eigenvalue weighted by atomic mass is 32.2. The van der Waals surface area contributed by atoms with E-state index in [0.29, 0.717) is 0 Å². The minimum absolute atomic E-state index is 0.0724. The van der Waals surface area contributed by atoms with E-state index in [1.165, 1.54) is 6.08 Å². The third kappa shape index (κ3) is 6.33. The first-order valence-electron chi connectivity index (χ1n) is 5.23. The molecular weight excluding hydrogens is 265 g/mol. The van der Waals surface area contributed by atoms with Crippen LogP contribution in [0.15, 0.2) is 12.7 Å². The van der Waals surface area contributed by atoms with Crippen molar-refractivity contribution in [2.75, 3.05) is 32.3 Å². The Hall–Kier alpha value is -0.200. The van der Waals surface area contributed by atoms with Crippen molar-refractivity contribution >= 4 is 17.6 Å². The first kappa shape index (κ1) is 16.8. The van der Waals surface area contributed by atoms with Gasteiger partial charge in [-0.25, -0.2) is 8.42 Å². The molecule has 0 radical (unpaired) electrons. The van der Waals surface area contributed by atoms with Crippen molar-refractivity contribution in [2.45, 2.75) is 13.8 Å². The van der Waals surface area contributed by atoms with E-state index in [0.717, 1.165) is 10.6 Å². The maximum absolute atomic E-state index is 12.2. The lowest BCUT2D eigenvalue weighted by Gasteiger charge is -2.24. The van der Waals surface area contributed by atoms with E-state index < -0.39 is 17.6 Å². The third-order valence-electron chi connectivity index (χ3n) is 1.78. The van der Waals surface area contributed by atoms with Crippen LogP contribution < -0.4 is 0 Å². The molecule has 17 heavy (non-hydrogen) atoms. The van der Waals surface area contributed by atoms with Gasteiger partial charge in [-0.1, -0.05) is 6.08 Å². The highest BCUT2D eigenvalue weighted by Gasteiger charge is 2.30. The van der Waals surface area contributed by atoms with Gasteiger partial charge in [0.2, 0.25) is 10.0 Å². The maximum Gasteiger partial charge on any atom is 0.345 e. The molecule has 102 valence electrons. The molecule has 0 heterocycles. The Morgan fingerprint density at radius 1 is 1.29 bits per heavy atom. The van der Waals surface area contributed by atoms with Gasteiger partial charge in [-0.05, 0) is 13.8 Å². The van der Waals surface area contributed by atoms with Crippen LogP contribution in [0.3, 0.4) is 0 Å². The molecule has 0 aliphatic heterocycles. The second-order valence-corrected chi connectivity index (χ2v) is 7.28. The number of nitrogens with zero attached hydrogens (tertiary/aromatic N) is 1. The van der Waals surface area contributed by atoms with Gasteiger partial charge < -0.3 is 9.05 Å². The molecular formula is C9H20NO5PS. The third-order valence-corrected chi connectivity index (χ3v) is 5.18. The minimum Gasteiger partial charge on any atom is -0.308 e. The molecule has 0 fully saturated rings. The van der Waals surface area contributed by atoms with Crippen molar-refractivity contribution < 1.29 is 22.0 Å². The van der Waals surface area contributed by atoms with Crippen molar-refractivity contribution in [3.05, 3.63) is 12.7 Å². The smallest absolute Gasteiger partial charge is 0.308 e. The molecule has 0 rings (SSSR count). The number of hydrogen-bond donors (Lipinski definition) is 0. The second kappa shape index (κ2) is 7.28. The van der Waals surface area contributed by atoms with Crippen LogP contribution >= 0.6 is 7.60 Å². The number of hydrogen-bond acceptors (Lipinski definition) is 5. The molecule has 0 spiro atoms. The van der Waals surface area contributed by atoms with Crippen molar-refractivity contribution in [1.82, 2.24) is 4.31 Å². The summed E-state index contributed by atoms with van der Waals surface area (Å²) < 4.78 is 46.2. The molecule has 0 bridgehead atoms. The average molecular weight is 285 g/mol. The lowest BCUT2D eigenvalue weighted by molar-refractivity contribution is 0.212. The lowest BCUT2D eigenvalue weighted by Crippen LogP contribution is -2.31. The lowest BCUT2D eigenvalue weighted by atomic mass is 10.6. The highest BCUT2D eigenvalue weighted by Crippen LogP contribution is 2.48. The van der Waals surface area contributed by atoms with Crippen LogP contribution in [0.2, 0.25) is 0 Å². The van der Waals surface area contributed by atoms with Gasteiger partial charge in [0.05, 0.1) is 19.5 Å². The predicted octanol–water partition coefficient (Wildman–Crippen LogP) is 1.66. The molecule has 0 atom stereocenters. The molecule has 0 aromatic heterocycles. The Balaban J connectivity index is 4.92. The molecule has 0 N–H and O–H groups in total. The quantitative estimate of drug-likeness (QED) is 0.476. The van der Waals surface area contributed by atoms with Crippen molar-refractivity contribution in [3.8, 4) is 0 Å². The highest BCUT2D eigenvalue weighted by molar-refractivity contribution is 7.88. The van der Waals surface area contributed by atoms with Gasteiger partial charge in [0.15, 0.2) is 0 Å². The zero-order valence-electron chi connectivity index (χ0n) is 10.5. The molecule has 0 aromatic carbocycles. The van der Waals surface area contributed by atoms with Crippen LogP contribution in [-0.4, -0.2) is 45.0 Å². The summed E-state index contributed by atoms with van der Waals surface area (Å²) in [6.07, 6.45) is 2.17. The topological polar surface area (TPSA) is 72.9 Å². The van der Waals surface area contributed by atoms with E-state index in [1.54, 1.807) is 13.8 Å². The van der Waals surface area contributed by atoms with Gasteiger partial charge >= 0.3 is 7.60 Å². The van der Waals surface area contributed by atoms with Gasteiger partial charge in [-0.15, -0.1) is 6.58 Å². The molecule has 6 nitrogen and oxygen atoms in total. The van der Waals surface area contributed by atoms with E-state index in [9.17, 15) is 13.0 Å². The molecule has 0 aromatic rings. The monoisotopic (exact) mass is 285 g/mol. The summed E-state index contributed by atoms with van der Waals surface area (Å²) >= 11 is 0. The SMILES string of the molecule is C=CCN(CP(=O)(OCC)OCC)S(C)(=O)=O. The maximum atomic E-state index is 12.2. The van der Waals surface area contributed by atoms with E-state index in [4.69, 9.17) is 9.05 Å². The summed E-state index contributed by atoms with van der Waals surface area (Å²) in [7, 11) is -6.87. The van der Waals surface area contributed by atoms with Crippen LogP contribution in [0.25, 0.3) is 0 Å². The molecule has 0 unspecified atom stereocenters. The van der Waals surface area contributed by atoms with E-state index in [2.05, 4.69) is 6.58 Å². The van der Waals surface area contributed by atoms with Gasteiger partial charge in [-0.3, -0.25) is 4.57 Å². The number of sulfonamides is 1. The summed E-state index contributed by atoms with van der Waals surface area (Å²) in [4.78, 5) is 0. The van der Waals surface area contributed by atoms with E-state index in [1.807, 2.05) is 0 Å². The normalized spacial score (nSPS) is 12.9. The van der Waals surface area contributed by atoms with Gasteiger partial charge in [0.25, 0.3) is 0 Å². The largest absolute Gasteiger partial charge is 0.345 e. The summed E-state index contributed by atoms with van der Waals surface area (Å²) in [6.45, 7) is 7.27. The van der Waals surface area contributed by atoms with E-state index >= 15 is 0 Å². The van der Waals surface area contributed by atoms with Crippen LogP contribution in [0.5, 0.6) is 0 Å². The Morgan fingerprint density at radius 2 is 1.76 bits per heavy atom. The molecule has 0 aliphatic rings. The van der Waals surface area contributed by atoms with Crippen molar-refractivity contribution in [1.29, 1.82) is 0 Å². The first-order valence-corrected chi connectivity index (χ1v) is 8.80. The summed E-state index contributed by atoms with van der Waals surface area (Å²) in [6, 6.07) is 0. The Bertz CT molecular complexity index is 371. The summed E-state index contributed by atoms with van der Waals surface area (Å²) in [5.74, 6) is 0. The Labute approximate surface area is 103 Å². The standard InChI is InChI=1S/C9H20NO5PS/c1-5-8-10(17(4,12)13)9-16(11,14-6-2)15-7-3/h5H,1,6-9H2,2-4H3. The van der Waals surface area contributed by atoms with Crippen molar-refractivity contribution in [3.63, 3.8) is 0 Å². The molecule has 0 saturated heterocycles. The predicted molar refractivity (Wildman–Crippen MR) is 67.5 cm³/mol. The fourth-order valence-corrected chi connectivity index (χ4v) is 4.31. The van der Waals surface area contributed by atoms with Crippen molar-refractivity contribution in [2.24, 2.45) is 0 Å². The minimum atomic E-state index is -3.47. The Morgan fingerprint density at radius 3 is 2.06 bits per heavy atom. The fourth-order valence-electron chi connectivity index (χ4n) is 1.15. The van der Waals surface area contributed by atoms with Crippen LogP contribution in [0, 0.1) is 0 Å². The summed E-state index contributed by atoms with van der Waals surface area (Å²) in [5, 5.41) is 0. The zero-order valence-corrected chi connectivity index (χ0v) is 12.2. The molecule has 8 heteroatoms. The van der Waals surface area contributed by atoms with Crippen LogP contribution in [0.1, 0.15) is 13.8 Å². The zero-order chi connectivity index (χ0) is 13.5. The second-order valence-electron chi connectivity index (χ2n) is 3.27. The van der Waals surface area contributed by atoms with E-state index in [-0.39, 0.29) is 26.0 Å². The first-order chi connectivity index (χ1) is 7.79. The van der Waals surface area contributed by atoms with Gasteiger partial charge in [-0.2, -0.15) is 4.31 Å². The number of rotatable bonds is 9. The summed E-state index contributed by atoms with van der Waals surface area (Å²) in [5.41, 5.74) is 0. The van der Waals surface area contributed by atoms with Crippen LogP contribution in [0.4, 0.5) is 0 Å². The molecule has 0 amide bonds. The molecule has 0 saturated carbocycles. The fraction of sp³-hybridized carbons (Fsp3) is 0.778. The van der Waals surface area contributed by atoms with Gasteiger partial charge in [0.1, 0.15) is 6.29 Å². The van der Waals surface area contributed by atoms with Gasteiger partial charge in [0, 0.05) is 6.54 Å². The van der Waals surface area contributed by atoms with Crippen LogP contribution in [-0.2, 0) is 23.6 Å². The average Bonchev–Trinajstić information content (AvgIpc) is 2.16. The molecule has 0 aliphatic carbocycles.